The summed E-state index contributed by atoms with van der Waals surface area (Å²) in [4.78, 5) is 0. The molecule has 0 amide bonds. The van der Waals surface area contributed by atoms with Gasteiger partial charge in [-0.05, 0) is 31.1 Å². The molecule has 1 saturated heterocycles. The predicted molar refractivity (Wildman–Crippen MR) is 50.1 cm³/mol. The molecule has 0 N–H and O–H groups in total. The molecule has 12 heavy (non-hydrogen) atoms. The molecule has 3 unspecified atom stereocenters. The molecule has 0 aromatic rings. The monoisotopic (exact) mass is 168 g/mol. The van der Waals surface area contributed by atoms with Crippen molar-refractivity contribution in [3.8, 4) is 0 Å². The summed E-state index contributed by atoms with van der Waals surface area (Å²) in [5.74, 6) is 1.89. The van der Waals surface area contributed by atoms with E-state index in [0.717, 1.165) is 18.4 Å². The zero-order valence-corrected chi connectivity index (χ0v) is 8.09. The molecule has 2 rings (SSSR count). The molecule has 2 aliphatic rings. The summed E-state index contributed by atoms with van der Waals surface area (Å²) in [7, 11) is 0. The highest BCUT2D eigenvalue weighted by Gasteiger charge is 2.34. The maximum atomic E-state index is 5.81. The Kier molecular flexibility index (Phi) is 2.69. The van der Waals surface area contributed by atoms with E-state index in [1.165, 1.54) is 38.5 Å². The molecule has 1 heteroatoms. The van der Waals surface area contributed by atoms with Gasteiger partial charge in [-0.1, -0.05) is 26.2 Å². The van der Waals surface area contributed by atoms with Crippen LogP contribution in [0.1, 0.15) is 45.4 Å². The maximum absolute atomic E-state index is 5.81. The molecule has 0 spiro atoms. The largest absolute Gasteiger partial charge is 0.378 e. The Bertz CT molecular complexity index is 135. The van der Waals surface area contributed by atoms with Crippen LogP contribution >= 0.6 is 0 Å². The first kappa shape index (κ1) is 8.55. The van der Waals surface area contributed by atoms with Crippen LogP contribution in [0.4, 0.5) is 0 Å². The van der Waals surface area contributed by atoms with Gasteiger partial charge in [0.1, 0.15) is 0 Å². The summed E-state index contributed by atoms with van der Waals surface area (Å²) in [5, 5.41) is 0. The first-order valence-electron chi connectivity index (χ1n) is 5.53. The van der Waals surface area contributed by atoms with Crippen molar-refractivity contribution in [3.05, 3.63) is 0 Å². The molecule has 2 fully saturated rings. The molecule has 1 heterocycles. The third-order valence-corrected chi connectivity index (χ3v) is 3.68. The van der Waals surface area contributed by atoms with Crippen LogP contribution in [0.2, 0.25) is 0 Å². The normalized spacial score (nSPS) is 42.2. The minimum absolute atomic E-state index is 0.637. The molecule has 1 saturated carbocycles. The van der Waals surface area contributed by atoms with Gasteiger partial charge in [0, 0.05) is 6.61 Å². The van der Waals surface area contributed by atoms with Gasteiger partial charge in [-0.2, -0.15) is 0 Å². The zero-order chi connectivity index (χ0) is 8.39. The fourth-order valence-electron chi connectivity index (χ4n) is 3.00. The number of rotatable bonds is 1. The first-order chi connectivity index (χ1) is 5.92. The Hall–Kier alpha value is -0.0400. The molecular formula is C11H20O. The Labute approximate surface area is 75.5 Å². The van der Waals surface area contributed by atoms with E-state index in [9.17, 15) is 0 Å². The van der Waals surface area contributed by atoms with Crippen molar-refractivity contribution >= 4 is 0 Å². The van der Waals surface area contributed by atoms with Crippen molar-refractivity contribution < 1.29 is 4.74 Å². The smallest absolute Gasteiger partial charge is 0.0605 e. The van der Waals surface area contributed by atoms with Gasteiger partial charge in [0.15, 0.2) is 0 Å². The molecule has 3 atom stereocenters. The van der Waals surface area contributed by atoms with Crippen molar-refractivity contribution in [3.63, 3.8) is 0 Å². The Morgan fingerprint density at radius 3 is 2.92 bits per heavy atom. The molecular weight excluding hydrogens is 148 g/mol. The number of ether oxygens (including phenoxy) is 1. The van der Waals surface area contributed by atoms with E-state index in [4.69, 9.17) is 4.74 Å². The van der Waals surface area contributed by atoms with Crippen LogP contribution in [0, 0.1) is 11.8 Å². The summed E-state index contributed by atoms with van der Waals surface area (Å²) in [6.45, 7) is 3.36. The van der Waals surface area contributed by atoms with Gasteiger partial charge in [-0.3, -0.25) is 0 Å². The van der Waals surface area contributed by atoms with Crippen molar-refractivity contribution in [1.82, 2.24) is 0 Å². The molecule has 0 aromatic heterocycles. The van der Waals surface area contributed by atoms with E-state index < -0.39 is 0 Å². The molecule has 0 aromatic carbocycles. The van der Waals surface area contributed by atoms with E-state index in [0.29, 0.717) is 6.10 Å². The van der Waals surface area contributed by atoms with Gasteiger partial charge in [0.2, 0.25) is 0 Å². The van der Waals surface area contributed by atoms with Crippen LogP contribution in [0.15, 0.2) is 0 Å². The van der Waals surface area contributed by atoms with Crippen LogP contribution in [0.3, 0.4) is 0 Å². The van der Waals surface area contributed by atoms with Crippen LogP contribution in [-0.2, 0) is 4.74 Å². The number of hydrogen-bond donors (Lipinski definition) is 0. The minimum atomic E-state index is 0.637. The molecule has 0 bridgehead atoms. The molecule has 1 nitrogen and oxygen atoms in total. The molecule has 1 aliphatic heterocycles. The SMILES string of the molecule is CCC1CCCC2OCCCC12. The quantitative estimate of drug-likeness (QED) is 0.585. The highest BCUT2D eigenvalue weighted by atomic mass is 16.5. The second-order valence-corrected chi connectivity index (χ2v) is 4.31. The zero-order valence-electron chi connectivity index (χ0n) is 8.09. The lowest BCUT2D eigenvalue weighted by Crippen LogP contribution is -2.37. The van der Waals surface area contributed by atoms with Crippen molar-refractivity contribution in [1.29, 1.82) is 0 Å². The van der Waals surface area contributed by atoms with Gasteiger partial charge in [0.05, 0.1) is 6.10 Å². The number of hydrogen-bond acceptors (Lipinski definition) is 1. The average Bonchev–Trinajstić information content (AvgIpc) is 2.17. The Balaban J connectivity index is 1.99. The third-order valence-electron chi connectivity index (χ3n) is 3.68. The maximum Gasteiger partial charge on any atom is 0.0605 e. The van der Waals surface area contributed by atoms with Crippen molar-refractivity contribution in [2.75, 3.05) is 6.61 Å². The van der Waals surface area contributed by atoms with Gasteiger partial charge in [-0.25, -0.2) is 0 Å². The van der Waals surface area contributed by atoms with Crippen LogP contribution < -0.4 is 0 Å². The van der Waals surface area contributed by atoms with E-state index in [2.05, 4.69) is 6.92 Å². The summed E-state index contributed by atoms with van der Waals surface area (Å²) in [6.07, 6.45) is 8.94. The second kappa shape index (κ2) is 3.78. The van der Waals surface area contributed by atoms with E-state index >= 15 is 0 Å². The van der Waals surface area contributed by atoms with Gasteiger partial charge in [-0.15, -0.1) is 0 Å². The molecule has 1 aliphatic carbocycles. The van der Waals surface area contributed by atoms with Crippen molar-refractivity contribution in [2.24, 2.45) is 11.8 Å². The first-order valence-corrected chi connectivity index (χ1v) is 5.53. The van der Waals surface area contributed by atoms with Gasteiger partial charge >= 0.3 is 0 Å². The lowest BCUT2D eigenvalue weighted by Gasteiger charge is -2.40. The third kappa shape index (κ3) is 1.52. The van der Waals surface area contributed by atoms with Crippen molar-refractivity contribution in [2.45, 2.75) is 51.6 Å². The second-order valence-electron chi connectivity index (χ2n) is 4.31. The minimum Gasteiger partial charge on any atom is -0.378 e. The molecule has 70 valence electrons. The summed E-state index contributed by atoms with van der Waals surface area (Å²) in [6, 6.07) is 0. The fourth-order valence-corrected chi connectivity index (χ4v) is 3.00. The Morgan fingerprint density at radius 2 is 2.08 bits per heavy atom. The average molecular weight is 168 g/mol. The number of fused-ring (bicyclic) bond motifs is 1. The van der Waals surface area contributed by atoms with Crippen LogP contribution in [0.25, 0.3) is 0 Å². The lowest BCUT2D eigenvalue weighted by atomic mass is 9.73. The summed E-state index contributed by atoms with van der Waals surface area (Å²) in [5.41, 5.74) is 0. The van der Waals surface area contributed by atoms with Crippen LogP contribution in [-0.4, -0.2) is 12.7 Å². The topological polar surface area (TPSA) is 9.23 Å². The van der Waals surface area contributed by atoms with E-state index in [1.807, 2.05) is 0 Å². The standard InChI is InChI=1S/C11H20O/c1-2-9-5-3-7-11-10(9)6-4-8-12-11/h9-11H,2-8H2,1H3. The highest BCUT2D eigenvalue weighted by Crippen LogP contribution is 2.39. The van der Waals surface area contributed by atoms with Gasteiger partial charge in [0.25, 0.3) is 0 Å². The van der Waals surface area contributed by atoms with Crippen LogP contribution in [0.5, 0.6) is 0 Å². The highest BCUT2D eigenvalue weighted by molar-refractivity contribution is 4.84. The Morgan fingerprint density at radius 1 is 1.17 bits per heavy atom. The van der Waals surface area contributed by atoms with E-state index in [1.54, 1.807) is 0 Å². The fraction of sp³-hybridized carbons (Fsp3) is 1.00. The lowest BCUT2D eigenvalue weighted by molar-refractivity contribution is -0.0697. The molecule has 0 radical (unpaired) electrons. The summed E-state index contributed by atoms with van der Waals surface area (Å²) < 4.78 is 5.81. The summed E-state index contributed by atoms with van der Waals surface area (Å²) >= 11 is 0. The van der Waals surface area contributed by atoms with Gasteiger partial charge < -0.3 is 4.74 Å². The predicted octanol–water partition coefficient (Wildman–Crippen LogP) is 2.99. The van der Waals surface area contributed by atoms with E-state index in [-0.39, 0.29) is 0 Å².